The lowest BCUT2D eigenvalue weighted by atomic mass is 10.1. The van der Waals surface area contributed by atoms with E-state index in [0.29, 0.717) is 31.1 Å². The highest BCUT2D eigenvalue weighted by Gasteiger charge is 2.32. The van der Waals surface area contributed by atoms with Crippen LogP contribution in [0.5, 0.6) is 11.5 Å². The first-order valence-corrected chi connectivity index (χ1v) is 14.8. The van der Waals surface area contributed by atoms with E-state index in [9.17, 15) is 22.4 Å². The van der Waals surface area contributed by atoms with Crippen LogP contribution in [-0.2, 0) is 26.2 Å². The smallest absolute Gasteiger partial charge is 0.264 e. The average molecular weight is 586 g/mol. The molecule has 41 heavy (non-hydrogen) atoms. The first-order chi connectivity index (χ1) is 19.6. The van der Waals surface area contributed by atoms with E-state index in [-0.39, 0.29) is 23.0 Å². The first kappa shape index (κ1) is 31.4. The summed E-state index contributed by atoms with van der Waals surface area (Å²) in [5, 5.41) is 2.80. The van der Waals surface area contributed by atoms with E-state index in [1.807, 2.05) is 13.8 Å². The Morgan fingerprint density at radius 1 is 0.927 bits per heavy atom. The fourth-order valence-electron chi connectivity index (χ4n) is 4.04. The molecule has 0 aliphatic rings. The van der Waals surface area contributed by atoms with Crippen LogP contribution in [0.2, 0.25) is 0 Å². The van der Waals surface area contributed by atoms with Gasteiger partial charge >= 0.3 is 0 Å². The number of methoxy groups -OCH3 is 1. The second-order valence-corrected chi connectivity index (χ2v) is 11.1. The highest BCUT2D eigenvalue weighted by molar-refractivity contribution is 7.92. The summed E-state index contributed by atoms with van der Waals surface area (Å²) in [6, 6.07) is 16.8. The van der Waals surface area contributed by atoms with Crippen LogP contribution in [0.1, 0.15) is 32.8 Å². The molecule has 0 bridgehead atoms. The minimum Gasteiger partial charge on any atom is -0.497 e. The van der Waals surface area contributed by atoms with Crippen molar-refractivity contribution in [1.29, 1.82) is 0 Å². The molecule has 0 unspecified atom stereocenters. The van der Waals surface area contributed by atoms with Crippen LogP contribution in [0, 0.1) is 5.82 Å². The number of carbonyl (C=O) groups excluding carboxylic acids is 2. The SMILES string of the molecule is CCCNC(=O)[C@@H](C)N(Cc1ccc(OC)cc1)C(=O)CN(c1ccc(OCC)cc1)S(=O)(=O)c1ccc(F)cc1. The van der Waals surface area contributed by atoms with Crippen molar-refractivity contribution in [3.8, 4) is 11.5 Å². The Hall–Kier alpha value is -4.12. The van der Waals surface area contributed by atoms with Crippen molar-refractivity contribution in [2.75, 3.05) is 31.1 Å². The monoisotopic (exact) mass is 585 g/mol. The van der Waals surface area contributed by atoms with Gasteiger partial charge in [0.25, 0.3) is 10.0 Å². The van der Waals surface area contributed by atoms with Crippen molar-refractivity contribution in [3.05, 3.63) is 84.2 Å². The summed E-state index contributed by atoms with van der Waals surface area (Å²) in [5.74, 6) is -0.385. The summed E-state index contributed by atoms with van der Waals surface area (Å²) in [5.41, 5.74) is 0.932. The number of carbonyl (C=O) groups is 2. The molecule has 0 heterocycles. The third kappa shape index (κ3) is 8.20. The van der Waals surface area contributed by atoms with Crippen molar-refractivity contribution in [3.63, 3.8) is 0 Å². The molecular weight excluding hydrogens is 549 g/mol. The summed E-state index contributed by atoms with van der Waals surface area (Å²) >= 11 is 0. The van der Waals surface area contributed by atoms with E-state index in [2.05, 4.69) is 5.32 Å². The molecule has 1 atom stereocenters. The number of anilines is 1. The Kier molecular flexibility index (Phi) is 11.1. The molecule has 0 aliphatic carbocycles. The van der Waals surface area contributed by atoms with Crippen LogP contribution in [0.15, 0.2) is 77.7 Å². The lowest BCUT2D eigenvalue weighted by Crippen LogP contribution is -2.51. The van der Waals surface area contributed by atoms with Crippen molar-refractivity contribution in [1.82, 2.24) is 10.2 Å². The molecule has 0 aromatic heterocycles. The molecule has 3 aromatic carbocycles. The minimum atomic E-state index is -4.31. The van der Waals surface area contributed by atoms with E-state index in [1.54, 1.807) is 50.4 Å². The lowest BCUT2D eigenvalue weighted by molar-refractivity contribution is -0.139. The molecular formula is C30H36FN3O6S. The van der Waals surface area contributed by atoms with Crippen molar-refractivity contribution >= 4 is 27.5 Å². The maximum atomic E-state index is 13.9. The van der Waals surface area contributed by atoms with Gasteiger partial charge in [0.05, 0.1) is 24.3 Å². The molecule has 0 saturated heterocycles. The van der Waals surface area contributed by atoms with E-state index in [4.69, 9.17) is 9.47 Å². The highest BCUT2D eigenvalue weighted by atomic mass is 32.2. The zero-order valence-corrected chi connectivity index (χ0v) is 24.5. The Morgan fingerprint density at radius 3 is 2.10 bits per heavy atom. The Morgan fingerprint density at radius 2 is 1.54 bits per heavy atom. The molecule has 3 rings (SSSR count). The van der Waals surface area contributed by atoms with Gasteiger partial charge < -0.3 is 19.7 Å². The molecule has 0 aliphatic heterocycles. The number of hydrogen-bond acceptors (Lipinski definition) is 6. The second kappa shape index (κ2) is 14.5. The Balaban J connectivity index is 2.01. The van der Waals surface area contributed by atoms with E-state index in [1.165, 1.54) is 17.0 Å². The predicted octanol–water partition coefficient (Wildman–Crippen LogP) is 4.37. The molecule has 220 valence electrons. The number of ether oxygens (including phenoxy) is 2. The number of sulfonamides is 1. The zero-order valence-electron chi connectivity index (χ0n) is 23.7. The van der Waals surface area contributed by atoms with E-state index in [0.717, 1.165) is 34.1 Å². The Labute approximate surface area is 240 Å². The van der Waals surface area contributed by atoms with Crippen molar-refractivity contribution in [2.24, 2.45) is 0 Å². The number of benzene rings is 3. The van der Waals surface area contributed by atoms with Gasteiger partial charge in [-0.3, -0.25) is 13.9 Å². The van der Waals surface area contributed by atoms with Crippen LogP contribution in [0.25, 0.3) is 0 Å². The minimum absolute atomic E-state index is 0.0528. The second-order valence-electron chi connectivity index (χ2n) is 9.23. The number of halogens is 1. The highest BCUT2D eigenvalue weighted by Crippen LogP contribution is 2.27. The lowest BCUT2D eigenvalue weighted by Gasteiger charge is -2.32. The fourth-order valence-corrected chi connectivity index (χ4v) is 5.46. The largest absolute Gasteiger partial charge is 0.497 e. The summed E-state index contributed by atoms with van der Waals surface area (Å²) in [7, 11) is -2.76. The number of amides is 2. The number of nitrogens with zero attached hydrogens (tertiary/aromatic N) is 2. The van der Waals surface area contributed by atoms with E-state index < -0.39 is 34.3 Å². The van der Waals surface area contributed by atoms with Crippen LogP contribution in [0.4, 0.5) is 10.1 Å². The molecule has 9 nitrogen and oxygen atoms in total. The number of nitrogens with one attached hydrogen (secondary N) is 1. The molecule has 3 aromatic rings. The van der Waals surface area contributed by atoms with Gasteiger partial charge in [-0.15, -0.1) is 0 Å². The normalized spacial score (nSPS) is 11.8. The first-order valence-electron chi connectivity index (χ1n) is 13.3. The van der Waals surface area contributed by atoms with Gasteiger partial charge in [0.2, 0.25) is 11.8 Å². The van der Waals surface area contributed by atoms with Crippen LogP contribution in [-0.4, -0.2) is 58.0 Å². The standard InChI is InChI=1S/C30H36FN3O6S/c1-5-19-32-30(36)22(3)33(20-23-7-13-26(39-4)14-8-23)29(35)21-34(25-11-15-27(16-12-25)40-6-2)41(37,38)28-17-9-24(31)10-18-28/h7-18,22H,5-6,19-21H2,1-4H3,(H,32,36)/t22-/m1/s1. The average Bonchev–Trinajstić information content (AvgIpc) is 2.98. The summed E-state index contributed by atoms with van der Waals surface area (Å²) in [6.45, 7) is 5.65. The molecule has 1 N–H and O–H groups in total. The number of rotatable bonds is 14. The topological polar surface area (TPSA) is 105 Å². The quantitative estimate of drug-likeness (QED) is 0.301. The summed E-state index contributed by atoms with van der Waals surface area (Å²) < 4.78 is 52.8. The zero-order chi connectivity index (χ0) is 30.0. The van der Waals surface area contributed by atoms with Crippen LogP contribution < -0.4 is 19.1 Å². The molecule has 0 radical (unpaired) electrons. The summed E-state index contributed by atoms with van der Waals surface area (Å²) in [4.78, 5) is 28.0. The molecule has 0 spiro atoms. The maximum Gasteiger partial charge on any atom is 0.264 e. The predicted molar refractivity (Wildman–Crippen MR) is 155 cm³/mol. The van der Waals surface area contributed by atoms with Gasteiger partial charge in [-0.05, 0) is 86.5 Å². The van der Waals surface area contributed by atoms with Gasteiger partial charge in [-0.1, -0.05) is 19.1 Å². The van der Waals surface area contributed by atoms with Gasteiger partial charge in [0, 0.05) is 13.1 Å². The van der Waals surface area contributed by atoms with Crippen LogP contribution >= 0.6 is 0 Å². The van der Waals surface area contributed by atoms with Gasteiger partial charge in [0.15, 0.2) is 0 Å². The van der Waals surface area contributed by atoms with Crippen LogP contribution in [0.3, 0.4) is 0 Å². The third-order valence-electron chi connectivity index (χ3n) is 6.34. The van der Waals surface area contributed by atoms with Gasteiger partial charge in [-0.25, -0.2) is 12.8 Å². The van der Waals surface area contributed by atoms with Gasteiger partial charge in [0.1, 0.15) is 29.9 Å². The Bertz CT molecular complexity index is 1400. The number of hydrogen-bond donors (Lipinski definition) is 1. The third-order valence-corrected chi connectivity index (χ3v) is 8.13. The van der Waals surface area contributed by atoms with Crippen molar-refractivity contribution in [2.45, 2.75) is 44.7 Å². The maximum absolute atomic E-state index is 13.9. The molecule has 11 heteroatoms. The summed E-state index contributed by atoms with van der Waals surface area (Å²) in [6.07, 6.45) is 0.715. The molecule has 0 saturated carbocycles. The fraction of sp³-hybridized carbons (Fsp3) is 0.333. The molecule has 0 fully saturated rings. The van der Waals surface area contributed by atoms with Crippen molar-refractivity contribution < 1.29 is 31.9 Å². The van der Waals surface area contributed by atoms with E-state index >= 15 is 0 Å². The van der Waals surface area contributed by atoms with Gasteiger partial charge in [-0.2, -0.15) is 0 Å². The molecule has 2 amide bonds.